The molecule has 0 aliphatic carbocycles. The average molecular weight is 253 g/mol. The largest absolute Gasteiger partial charge is 0.480 e. The lowest BCUT2D eigenvalue weighted by atomic mass is 10.0. The van der Waals surface area contributed by atoms with Gasteiger partial charge in [-0.25, -0.2) is 4.79 Å². The summed E-state index contributed by atoms with van der Waals surface area (Å²) in [6.45, 7) is 2.39. The van der Waals surface area contributed by atoms with Crippen molar-refractivity contribution in [2.75, 3.05) is 6.54 Å². The molecular formula is C12H15NO3S. The standard InChI is InChI=1S/C12H15NO3S/c1-8(9-4-6-17-7-9)11(14)13-5-2-3-10(13)12(15)16/h4,6-8,10H,2-3,5H2,1H3,(H,15,16)/t8?,10-/m1/s1. The van der Waals surface area contributed by atoms with Crippen LogP contribution in [0.4, 0.5) is 0 Å². The van der Waals surface area contributed by atoms with E-state index in [2.05, 4.69) is 0 Å². The molecule has 1 amide bonds. The van der Waals surface area contributed by atoms with Crippen molar-refractivity contribution in [3.05, 3.63) is 22.4 Å². The fraction of sp³-hybridized carbons (Fsp3) is 0.500. The van der Waals surface area contributed by atoms with Crippen molar-refractivity contribution >= 4 is 23.2 Å². The highest BCUT2D eigenvalue weighted by Crippen LogP contribution is 2.25. The molecule has 4 nitrogen and oxygen atoms in total. The predicted octanol–water partition coefficient (Wildman–Crippen LogP) is 1.93. The molecule has 2 heterocycles. The molecule has 1 unspecified atom stereocenters. The van der Waals surface area contributed by atoms with Gasteiger partial charge < -0.3 is 10.0 Å². The monoisotopic (exact) mass is 253 g/mol. The number of likely N-dealkylation sites (tertiary alicyclic amines) is 1. The third kappa shape index (κ3) is 2.34. The Hall–Kier alpha value is -1.36. The van der Waals surface area contributed by atoms with Gasteiger partial charge in [0.05, 0.1) is 5.92 Å². The van der Waals surface area contributed by atoms with Gasteiger partial charge in [-0.2, -0.15) is 11.3 Å². The van der Waals surface area contributed by atoms with Crippen LogP contribution in [0.2, 0.25) is 0 Å². The summed E-state index contributed by atoms with van der Waals surface area (Å²) in [4.78, 5) is 24.8. The normalized spacial score (nSPS) is 21.5. The van der Waals surface area contributed by atoms with Crippen LogP contribution in [0.25, 0.3) is 0 Å². The summed E-state index contributed by atoms with van der Waals surface area (Å²) in [5.41, 5.74) is 0.969. The van der Waals surface area contributed by atoms with Crippen LogP contribution in [0.3, 0.4) is 0 Å². The van der Waals surface area contributed by atoms with Crippen LogP contribution in [0.15, 0.2) is 16.8 Å². The summed E-state index contributed by atoms with van der Waals surface area (Å²) in [7, 11) is 0. The molecule has 1 aromatic rings. The Morgan fingerprint density at radius 2 is 2.35 bits per heavy atom. The summed E-state index contributed by atoms with van der Waals surface area (Å²) in [5, 5.41) is 12.9. The molecule has 92 valence electrons. The summed E-state index contributed by atoms with van der Waals surface area (Å²) in [6, 6.07) is 1.28. The van der Waals surface area contributed by atoms with Gasteiger partial charge in [-0.15, -0.1) is 0 Å². The molecule has 5 heteroatoms. The summed E-state index contributed by atoms with van der Waals surface area (Å²) in [6.07, 6.45) is 1.34. The number of carboxylic acids is 1. The maximum atomic E-state index is 12.2. The van der Waals surface area contributed by atoms with Crippen LogP contribution in [0.1, 0.15) is 31.2 Å². The number of amides is 1. The van der Waals surface area contributed by atoms with Crippen LogP contribution >= 0.6 is 11.3 Å². The second-order valence-corrected chi connectivity index (χ2v) is 5.09. The lowest BCUT2D eigenvalue weighted by Crippen LogP contribution is -2.42. The zero-order valence-electron chi connectivity index (χ0n) is 9.63. The fourth-order valence-electron chi connectivity index (χ4n) is 2.20. The zero-order valence-corrected chi connectivity index (χ0v) is 10.4. The van der Waals surface area contributed by atoms with Gasteiger partial charge in [-0.05, 0) is 42.2 Å². The van der Waals surface area contributed by atoms with Crippen LogP contribution < -0.4 is 0 Å². The van der Waals surface area contributed by atoms with E-state index in [1.807, 2.05) is 23.8 Å². The number of thiophene rings is 1. The fourth-order valence-corrected chi connectivity index (χ4v) is 2.95. The Morgan fingerprint density at radius 1 is 1.59 bits per heavy atom. The van der Waals surface area contributed by atoms with Crippen molar-refractivity contribution in [1.82, 2.24) is 4.90 Å². The van der Waals surface area contributed by atoms with Gasteiger partial charge in [0.1, 0.15) is 6.04 Å². The van der Waals surface area contributed by atoms with E-state index in [0.29, 0.717) is 13.0 Å². The molecule has 1 aliphatic rings. The maximum absolute atomic E-state index is 12.2. The third-order valence-corrected chi connectivity index (χ3v) is 3.94. The molecule has 0 radical (unpaired) electrons. The Kier molecular flexibility index (Phi) is 3.47. The molecular weight excluding hydrogens is 238 g/mol. The van der Waals surface area contributed by atoms with Crippen LogP contribution in [-0.2, 0) is 9.59 Å². The molecule has 2 rings (SSSR count). The molecule has 0 saturated carbocycles. The van der Waals surface area contributed by atoms with Gasteiger partial charge in [0.2, 0.25) is 5.91 Å². The van der Waals surface area contributed by atoms with Crippen molar-refractivity contribution in [2.45, 2.75) is 31.7 Å². The van der Waals surface area contributed by atoms with Crippen LogP contribution in [-0.4, -0.2) is 34.5 Å². The highest BCUT2D eigenvalue weighted by molar-refractivity contribution is 7.08. The molecule has 0 aromatic carbocycles. The number of hydrogen-bond acceptors (Lipinski definition) is 3. The van der Waals surface area contributed by atoms with E-state index >= 15 is 0 Å². The Balaban J connectivity index is 2.12. The molecule has 0 spiro atoms. The van der Waals surface area contributed by atoms with Crippen LogP contribution in [0, 0.1) is 0 Å². The first kappa shape index (κ1) is 12.1. The van der Waals surface area contributed by atoms with Gasteiger partial charge in [-0.1, -0.05) is 0 Å². The highest BCUT2D eigenvalue weighted by atomic mass is 32.1. The van der Waals surface area contributed by atoms with Crippen molar-refractivity contribution in [2.24, 2.45) is 0 Å². The van der Waals surface area contributed by atoms with Crippen molar-refractivity contribution < 1.29 is 14.7 Å². The summed E-state index contributed by atoms with van der Waals surface area (Å²) >= 11 is 1.55. The zero-order chi connectivity index (χ0) is 12.4. The molecule has 1 saturated heterocycles. The quantitative estimate of drug-likeness (QED) is 0.895. The summed E-state index contributed by atoms with van der Waals surface area (Å²) < 4.78 is 0. The lowest BCUT2D eigenvalue weighted by Gasteiger charge is -2.24. The number of rotatable bonds is 3. The number of carboxylic acid groups (broad SMARTS) is 1. The number of carbonyl (C=O) groups is 2. The van der Waals surface area contributed by atoms with Crippen LogP contribution in [0.5, 0.6) is 0 Å². The minimum atomic E-state index is -0.895. The number of aliphatic carboxylic acids is 1. The average Bonchev–Trinajstić information content (AvgIpc) is 2.97. The predicted molar refractivity (Wildman–Crippen MR) is 65.1 cm³/mol. The smallest absolute Gasteiger partial charge is 0.326 e. The number of nitrogens with zero attached hydrogens (tertiary/aromatic N) is 1. The van der Waals surface area contributed by atoms with Gasteiger partial charge in [0, 0.05) is 6.54 Å². The van der Waals surface area contributed by atoms with Gasteiger partial charge >= 0.3 is 5.97 Å². The first-order valence-corrected chi connectivity index (χ1v) is 6.61. The van der Waals surface area contributed by atoms with Crippen molar-refractivity contribution in [1.29, 1.82) is 0 Å². The van der Waals surface area contributed by atoms with E-state index in [1.165, 1.54) is 4.90 Å². The SMILES string of the molecule is CC(C(=O)N1CCC[C@@H]1C(=O)O)c1ccsc1. The van der Waals surface area contributed by atoms with Gasteiger partial charge in [0.25, 0.3) is 0 Å². The van der Waals surface area contributed by atoms with Gasteiger partial charge in [-0.3, -0.25) is 4.79 Å². The van der Waals surface area contributed by atoms with E-state index in [1.54, 1.807) is 11.3 Å². The highest BCUT2D eigenvalue weighted by Gasteiger charge is 2.36. The molecule has 17 heavy (non-hydrogen) atoms. The van der Waals surface area contributed by atoms with E-state index in [4.69, 9.17) is 5.11 Å². The second-order valence-electron chi connectivity index (χ2n) is 4.31. The van der Waals surface area contributed by atoms with Crippen molar-refractivity contribution in [3.8, 4) is 0 Å². The lowest BCUT2D eigenvalue weighted by molar-refractivity contribution is -0.148. The third-order valence-electron chi connectivity index (χ3n) is 3.23. The molecule has 2 atom stereocenters. The van der Waals surface area contributed by atoms with Gasteiger partial charge in [0.15, 0.2) is 0 Å². The molecule has 1 aliphatic heterocycles. The topological polar surface area (TPSA) is 57.6 Å². The second kappa shape index (κ2) is 4.87. The minimum Gasteiger partial charge on any atom is -0.480 e. The minimum absolute atomic E-state index is 0.0756. The Labute approximate surface area is 104 Å². The maximum Gasteiger partial charge on any atom is 0.326 e. The van der Waals surface area contributed by atoms with E-state index in [9.17, 15) is 9.59 Å². The van der Waals surface area contributed by atoms with E-state index < -0.39 is 12.0 Å². The Bertz CT molecular complexity index is 415. The summed E-state index contributed by atoms with van der Waals surface area (Å²) in [5.74, 6) is -1.22. The molecule has 1 N–H and O–H groups in total. The first-order chi connectivity index (χ1) is 8.11. The van der Waals surface area contributed by atoms with E-state index in [-0.39, 0.29) is 11.8 Å². The first-order valence-electron chi connectivity index (χ1n) is 5.66. The molecule has 1 aromatic heterocycles. The molecule has 0 bridgehead atoms. The van der Waals surface area contributed by atoms with Crippen molar-refractivity contribution in [3.63, 3.8) is 0 Å². The number of carbonyl (C=O) groups excluding carboxylic acids is 1. The number of hydrogen-bond donors (Lipinski definition) is 1. The van der Waals surface area contributed by atoms with E-state index in [0.717, 1.165) is 12.0 Å². The Morgan fingerprint density at radius 3 is 2.94 bits per heavy atom. The molecule has 1 fully saturated rings.